The molecule has 10 heteroatoms. The maximum atomic E-state index is 11.1. The van der Waals surface area contributed by atoms with Crippen molar-refractivity contribution in [1.82, 2.24) is 15.2 Å². The zero-order valence-corrected chi connectivity index (χ0v) is 15.9. The van der Waals surface area contributed by atoms with Crippen molar-refractivity contribution in [1.29, 1.82) is 0 Å². The van der Waals surface area contributed by atoms with E-state index in [1.54, 1.807) is 42.6 Å². The molecule has 1 aromatic heterocycles. The average Bonchev–Trinajstić information content (AvgIpc) is 2.66. The van der Waals surface area contributed by atoms with Crippen molar-refractivity contribution < 1.29 is 4.74 Å². The highest BCUT2D eigenvalue weighted by molar-refractivity contribution is 6.44. The van der Waals surface area contributed by atoms with Gasteiger partial charge in [-0.05, 0) is 42.0 Å². The number of H-pyrrole nitrogens is 1. The van der Waals surface area contributed by atoms with E-state index in [-0.39, 0.29) is 18.1 Å². The van der Waals surface area contributed by atoms with Crippen LogP contribution >= 0.6 is 34.8 Å². The molecule has 0 fully saturated rings. The summed E-state index contributed by atoms with van der Waals surface area (Å²) in [6, 6.07) is 10.5. The summed E-state index contributed by atoms with van der Waals surface area (Å²) in [7, 11) is 0. The van der Waals surface area contributed by atoms with Crippen LogP contribution in [0.5, 0.6) is 5.75 Å². The Morgan fingerprint density at radius 1 is 1.11 bits per heavy atom. The lowest BCUT2D eigenvalue weighted by molar-refractivity contribution is 0.306. The first kappa shape index (κ1) is 19.2. The smallest absolute Gasteiger partial charge is 0.271 e. The minimum absolute atomic E-state index is 0.147. The first-order chi connectivity index (χ1) is 13.0. The Kier molecular flexibility index (Phi) is 6.28. The average molecular weight is 425 g/mol. The van der Waals surface area contributed by atoms with Crippen LogP contribution in [0.1, 0.15) is 11.1 Å². The van der Waals surface area contributed by atoms with Gasteiger partial charge in [-0.1, -0.05) is 34.8 Å². The fourth-order valence-electron chi connectivity index (χ4n) is 2.04. The minimum atomic E-state index is -0.371. The molecule has 0 amide bonds. The second kappa shape index (κ2) is 8.85. The number of hydrogen-bond donors (Lipinski definition) is 2. The van der Waals surface area contributed by atoms with Crippen molar-refractivity contribution in [3.05, 3.63) is 79.1 Å². The fourth-order valence-corrected chi connectivity index (χ4v) is 2.70. The van der Waals surface area contributed by atoms with Gasteiger partial charge < -0.3 is 4.74 Å². The van der Waals surface area contributed by atoms with Crippen LogP contribution in [0.2, 0.25) is 15.1 Å². The van der Waals surface area contributed by atoms with Gasteiger partial charge in [-0.25, -0.2) is 5.43 Å². The number of benzene rings is 2. The summed E-state index contributed by atoms with van der Waals surface area (Å²) in [6.45, 7) is 0.188. The van der Waals surface area contributed by atoms with E-state index in [0.29, 0.717) is 26.4 Å². The van der Waals surface area contributed by atoms with E-state index in [9.17, 15) is 4.79 Å². The molecule has 0 aliphatic heterocycles. The number of hydrazone groups is 1. The molecule has 0 atom stereocenters. The van der Waals surface area contributed by atoms with Gasteiger partial charge in [0.05, 0.1) is 16.3 Å². The lowest BCUT2D eigenvalue weighted by atomic mass is 10.2. The Bertz CT molecular complexity index is 1020. The van der Waals surface area contributed by atoms with Gasteiger partial charge in [-0.3, -0.25) is 9.78 Å². The van der Waals surface area contributed by atoms with E-state index in [2.05, 4.69) is 25.7 Å². The lowest BCUT2D eigenvalue weighted by Gasteiger charge is -2.10. The van der Waals surface area contributed by atoms with Gasteiger partial charge in [0.2, 0.25) is 5.95 Å². The molecule has 3 aromatic rings. The van der Waals surface area contributed by atoms with Crippen molar-refractivity contribution in [3.8, 4) is 5.75 Å². The van der Waals surface area contributed by atoms with Crippen LogP contribution in [-0.4, -0.2) is 21.4 Å². The molecule has 0 saturated carbocycles. The van der Waals surface area contributed by atoms with Crippen LogP contribution in [0.15, 0.2) is 52.5 Å². The number of aromatic amines is 1. The van der Waals surface area contributed by atoms with Crippen LogP contribution < -0.4 is 15.7 Å². The highest BCUT2D eigenvalue weighted by atomic mass is 35.5. The Hall–Kier alpha value is -2.61. The van der Waals surface area contributed by atoms with E-state index >= 15 is 0 Å². The molecule has 27 heavy (non-hydrogen) atoms. The molecule has 0 radical (unpaired) electrons. The molecule has 2 aromatic carbocycles. The summed E-state index contributed by atoms with van der Waals surface area (Å²) in [5, 5.41) is 12.4. The van der Waals surface area contributed by atoms with Crippen molar-refractivity contribution in [3.63, 3.8) is 0 Å². The monoisotopic (exact) mass is 423 g/mol. The summed E-state index contributed by atoms with van der Waals surface area (Å²) < 4.78 is 5.71. The molecule has 0 spiro atoms. The number of hydrogen-bond acceptors (Lipinski definition) is 6. The van der Waals surface area contributed by atoms with Crippen LogP contribution in [0.3, 0.4) is 0 Å². The number of halogens is 3. The maximum Gasteiger partial charge on any atom is 0.271 e. The van der Waals surface area contributed by atoms with Crippen molar-refractivity contribution in [2.75, 3.05) is 5.43 Å². The molecule has 7 nitrogen and oxygen atoms in total. The predicted molar refractivity (Wildman–Crippen MR) is 106 cm³/mol. The largest absolute Gasteiger partial charge is 0.489 e. The quantitative estimate of drug-likeness (QED) is 0.352. The van der Waals surface area contributed by atoms with E-state index < -0.39 is 0 Å². The van der Waals surface area contributed by atoms with Crippen molar-refractivity contribution in [2.45, 2.75) is 6.61 Å². The molecule has 0 aliphatic carbocycles. The first-order valence-corrected chi connectivity index (χ1v) is 8.72. The number of nitrogens with one attached hydrogen (secondary N) is 2. The summed E-state index contributed by atoms with van der Waals surface area (Å²) in [4.78, 5) is 13.5. The van der Waals surface area contributed by atoms with Crippen LogP contribution in [0.4, 0.5) is 5.95 Å². The van der Waals surface area contributed by atoms with E-state index in [4.69, 9.17) is 39.5 Å². The molecule has 3 rings (SSSR count). The highest BCUT2D eigenvalue weighted by Gasteiger charge is 2.10. The van der Waals surface area contributed by atoms with Gasteiger partial charge in [0.15, 0.2) is 0 Å². The highest BCUT2D eigenvalue weighted by Crippen LogP contribution is 2.32. The zero-order chi connectivity index (χ0) is 19.2. The topological polar surface area (TPSA) is 92.3 Å². The minimum Gasteiger partial charge on any atom is -0.489 e. The number of aromatic nitrogens is 3. The fraction of sp³-hybridized carbons (Fsp3) is 0.0588. The third-order valence-corrected chi connectivity index (χ3v) is 4.56. The second-order valence-corrected chi connectivity index (χ2v) is 6.42. The number of rotatable bonds is 6. The van der Waals surface area contributed by atoms with Gasteiger partial charge in [0.25, 0.3) is 5.56 Å². The van der Waals surface area contributed by atoms with Crippen molar-refractivity contribution in [2.24, 2.45) is 5.10 Å². The van der Waals surface area contributed by atoms with Crippen LogP contribution in [0, 0.1) is 0 Å². The number of nitrogens with zero attached hydrogens (tertiary/aromatic N) is 3. The molecule has 0 bridgehead atoms. The molecule has 1 heterocycles. The van der Waals surface area contributed by atoms with Gasteiger partial charge >= 0.3 is 0 Å². The van der Waals surface area contributed by atoms with Gasteiger partial charge in [-0.2, -0.15) is 5.10 Å². The predicted octanol–water partition coefficient (Wildman–Crippen LogP) is 4.15. The number of anilines is 1. The summed E-state index contributed by atoms with van der Waals surface area (Å²) >= 11 is 18.3. The zero-order valence-electron chi connectivity index (χ0n) is 13.6. The Labute approximate surface area is 169 Å². The molecular formula is C17H12Cl3N5O2. The standard InChI is InChI=1S/C17H12Cl3N5O2/c18-13-5-6-14(19)16(20)12(13)9-27-11-3-1-10(2-4-11)7-21-24-17-23-15(26)8-22-25-17/h1-8H,9H2,(H2,23,24,25,26)/b21-7+. The SMILES string of the molecule is O=c1cnnc(N/N=C/c2ccc(OCc3c(Cl)ccc(Cl)c3Cl)cc2)[nH]1. The van der Waals surface area contributed by atoms with Crippen LogP contribution in [0.25, 0.3) is 0 Å². The second-order valence-electron chi connectivity index (χ2n) is 5.23. The lowest BCUT2D eigenvalue weighted by Crippen LogP contribution is -2.10. The summed E-state index contributed by atoms with van der Waals surface area (Å²) in [5.41, 5.74) is 3.64. The molecule has 138 valence electrons. The number of ether oxygens (including phenoxy) is 1. The summed E-state index contributed by atoms with van der Waals surface area (Å²) in [5.74, 6) is 0.777. The van der Waals surface area contributed by atoms with Gasteiger partial charge in [0.1, 0.15) is 18.6 Å². The molecule has 0 saturated heterocycles. The Morgan fingerprint density at radius 2 is 1.85 bits per heavy atom. The third-order valence-electron chi connectivity index (χ3n) is 3.36. The van der Waals surface area contributed by atoms with Gasteiger partial charge in [0, 0.05) is 10.6 Å². The van der Waals surface area contributed by atoms with Crippen LogP contribution in [-0.2, 0) is 6.61 Å². The summed E-state index contributed by atoms with van der Waals surface area (Å²) in [6.07, 6.45) is 2.62. The molecule has 2 N–H and O–H groups in total. The third kappa shape index (κ3) is 5.19. The van der Waals surface area contributed by atoms with Gasteiger partial charge in [-0.15, -0.1) is 10.2 Å². The Balaban J connectivity index is 1.60. The Morgan fingerprint density at radius 3 is 2.59 bits per heavy atom. The van der Waals surface area contributed by atoms with E-state index in [1.807, 2.05) is 0 Å². The molecule has 0 aliphatic rings. The maximum absolute atomic E-state index is 11.1. The van der Waals surface area contributed by atoms with Crippen molar-refractivity contribution >= 4 is 47.0 Å². The molecular weight excluding hydrogens is 413 g/mol. The normalized spacial score (nSPS) is 10.9. The molecule has 0 unspecified atom stereocenters. The van der Waals surface area contributed by atoms with E-state index in [0.717, 1.165) is 11.8 Å². The first-order valence-electron chi connectivity index (χ1n) is 7.59. The van der Waals surface area contributed by atoms with E-state index in [1.165, 1.54) is 0 Å².